The standard InChI is InChI=1S/C27H30O12/c1-15(4-6-20(26(2,3)34)39-23(31)14-27(35,25(32)33)13-21(28)29)8-10-37-24-16-5-7-22(30)38-19(16)12-18-17(24)9-11-36-18/h5,7-9,11-12,20,34-35H,4,6,10,13-14H2,1-3H3,(H,28,29)(H,32,33)/b15-8-/t20-,27-/m0/s1. The van der Waals surface area contributed by atoms with E-state index >= 15 is 0 Å². The molecule has 2 aromatic heterocycles. The van der Waals surface area contributed by atoms with Gasteiger partial charge in [0.05, 0.1) is 35.5 Å². The quantitative estimate of drug-likeness (QED) is 0.139. The average Bonchev–Trinajstić information content (AvgIpc) is 3.28. The normalized spacial score (nSPS) is 14.6. The van der Waals surface area contributed by atoms with Gasteiger partial charge in [0.1, 0.15) is 29.6 Å². The molecule has 0 saturated carbocycles. The van der Waals surface area contributed by atoms with Crippen LogP contribution in [-0.2, 0) is 19.1 Å². The molecule has 0 aliphatic rings. The molecule has 0 fully saturated rings. The highest BCUT2D eigenvalue weighted by Gasteiger charge is 2.42. The molecule has 3 aromatic rings. The van der Waals surface area contributed by atoms with Crippen molar-refractivity contribution in [2.45, 2.75) is 63.8 Å². The third-order valence-electron chi connectivity index (χ3n) is 6.11. The van der Waals surface area contributed by atoms with Gasteiger partial charge < -0.3 is 38.7 Å². The van der Waals surface area contributed by atoms with E-state index in [1.54, 1.807) is 31.2 Å². The summed E-state index contributed by atoms with van der Waals surface area (Å²) in [4.78, 5) is 46.2. The van der Waals surface area contributed by atoms with Crippen LogP contribution in [0.5, 0.6) is 5.75 Å². The lowest BCUT2D eigenvalue weighted by Crippen LogP contribution is -2.45. The van der Waals surface area contributed by atoms with E-state index in [2.05, 4.69) is 0 Å². The Morgan fingerprint density at radius 1 is 1.05 bits per heavy atom. The number of furan rings is 1. The highest BCUT2D eigenvalue weighted by atomic mass is 16.6. The third kappa shape index (κ3) is 7.45. The number of aliphatic carboxylic acids is 2. The summed E-state index contributed by atoms with van der Waals surface area (Å²) in [6.07, 6.45) is 0.402. The van der Waals surface area contributed by atoms with E-state index in [1.165, 1.54) is 26.2 Å². The largest absolute Gasteiger partial charge is 0.488 e. The van der Waals surface area contributed by atoms with E-state index in [1.807, 2.05) is 0 Å². The Balaban J connectivity index is 1.66. The maximum atomic E-state index is 12.4. The lowest BCUT2D eigenvalue weighted by atomic mass is 9.94. The molecule has 1 aromatic carbocycles. The molecule has 0 unspecified atom stereocenters. The molecule has 0 aliphatic carbocycles. The number of benzene rings is 1. The number of carbonyl (C=O) groups is 3. The molecule has 210 valence electrons. The first-order chi connectivity index (χ1) is 18.2. The van der Waals surface area contributed by atoms with Crippen molar-refractivity contribution in [1.82, 2.24) is 0 Å². The predicted molar refractivity (Wildman–Crippen MR) is 136 cm³/mol. The number of carboxylic acid groups (broad SMARTS) is 2. The smallest absolute Gasteiger partial charge is 0.336 e. The summed E-state index contributed by atoms with van der Waals surface area (Å²) < 4.78 is 21.9. The average molecular weight is 547 g/mol. The van der Waals surface area contributed by atoms with Crippen molar-refractivity contribution in [2.24, 2.45) is 0 Å². The maximum Gasteiger partial charge on any atom is 0.336 e. The molecule has 39 heavy (non-hydrogen) atoms. The van der Waals surface area contributed by atoms with Crippen molar-refractivity contribution in [2.75, 3.05) is 6.61 Å². The molecular formula is C27H30O12. The van der Waals surface area contributed by atoms with Crippen molar-refractivity contribution >= 4 is 39.8 Å². The van der Waals surface area contributed by atoms with Crippen molar-refractivity contribution in [3.63, 3.8) is 0 Å². The summed E-state index contributed by atoms with van der Waals surface area (Å²) in [5.41, 5.74) is -3.24. The molecule has 0 amide bonds. The van der Waals surface area contributed by atoms with Gasteiger partial charge >= 0.3 is 23.5 Å². The van der Waals surface area contributed by atoms with E-state index in [-0.39, 0.29) is 13.0 Å². The third-order valence-corrected chi connectivity index (χ3v) is 6.11. The van der Waals surface area contributed by atoms with Gasteiger partial charge in [0.15, 0.2) is 5.60 Å². The summed E-state index contributed by atoms with van der Waals surface area (Å²) in [6, 6.07) is 6.23. The molecule has 0 radical (unpaired) electrons. The zero-order valence-corrected chi connectivity index (χ0v) is 21.6. The minimum absolute atomic E-state index is 0.137. The number of carboxylic acids is 2. The van der Waals surface area contributed by atoms with Gasteiger partial charge in [-0.1, -0.05) is 5.57 Å². The van der Waals surface area contributed by atoms with E-state index in [0.717, 1.165) is 5.57 Å². The lowest BCUT2D eigenvalue weighted by molar-refractivity contribution is -0.178. The number of rotatable bonds is 13. The summed E-state index contributed by atoms with van der Waals surface area (Å²) >= 11 is 0. The van der Waals surface area contributed by atoms with Crippen LogP contribution in [0.4, 0.5) is 0 Å². The van der Waals surface area contributed by atoms with E-state index in [4.69, 9.17) is 28.5 Å². The van der Waals surface area contributed by atoms with Crippen molar-refractivity contribution in [1.29, 1.82) is 0 Å². The number of fused-ring (bicyclic) bond motifs is 2. The van der Waals surface area contributed by atoms with Gasteiger partial charge in [-0.2, -0.15) is 0 Å². The van der Waals surface area contributed by atoms with E-state index in [9.17, 15) is 29.4 Å². The van der Waals surface area contributed by atoms with Crippen molar-refractivity contribution in [3.8, 4) is 5.75 Å². The molecule has 2 atom stereocenters. The molecule has 0 spiro atoms. The molecule has 0 aliphatic heterocycles. The number of esters is 1. The molecule has 0 saturated heterocycles. The van der Waals surface area contributed by atoms with Gasteiger partial charge in [-0.25, -0.2) is 9.59 Å². The molecule has 2 heterocycles. The van der Waals surface area contributed by atoms with Gasteiger partial charge in [0.2, 0.25) is 0 Å². The van der Waals surface area contributed by atoms with Crippen LogP contribution < -0.4 is 10.4 Å². The second-order valence-electron chi connectivity index (χ2n) is 9.82. The molecule has 0 bridgehead atoms. The number of hydrogen-bond donors (Lipinski definition) is 4. The fourth-order valence-corrected chi connectivity index (χ4v) is 3.95. The van der Waals surface area contributed by atoms with Crippen LogP contribution in [0.3, 0.4) is 0 Å². The monoisotopic (exact) mass is 546 g/mol. The van der Waals surface area contributed by atoms with Crippen molar-refractivity contribution in [3.05, 3.63) is 52.6 Å². The molecular weight excluding hydrogens is 516 g/mol. The fraction of sp³-hybridized carbons (Fsp3) is 0.407. The van der Waals surface area contributed by atoms with Gasteiger partial charge in [-0.15, -0.1) is 0 Å². The first-order valence-corrected chi connectivity index (χ1v) is 12.0. The molecule has 4 N–H and O–H groups in total. The summed E-state index contributed by atoms with van der Waals surface area (Å²) in [6.45, 7) is 4.75. The second kappa shape index (κ2) is 11.7. The number of allylic oxidation sites excluding steroid dienone is 1. The minimum atomic E-state index is -2.84. The molecule has 12 heteroatoms. The number of carbonyl (C=O) groups excluding carboxylic acids is 1. The number of ether oxygens (including phenoxy) is 2. The van der Waals surface area contributed by atoms with E-state index < -0.39 is 53.7 Å². The first-order valence-electron chi connectivity index (χ1n) is 12.0. The van der Waals surface area contributed by atoms with Crippen LogP contribution in [0.1, 0.15) is 46.5 Å². The van der Waals surface area contributed by atoms with Gasteiger partial charge in [0.25, 0.3) is 0 Å². The molecule has 12 nitrogen and oxygen atoms in total. The summed E-state index contributed by atoms with van der Waals surface area (Å²) in [5.74, 6) is -4.16. The van der Waals surface area contributed by atoms with E-state index in [0.29, 0.717) is 34.1 Å². The maximum absolute atomic E-state index is 12.4. The first kappa shape index (κ1) is 29.4. The van der Waals surface area contributed by atoms with Crippen LogP contribution in [0.25, 0.3) is 21.9 Å². The SMILES string of the molecule is C/C(=C/COc1c2ccoc2cc2oc(=O)ccc12)CC[C@H](OC(=O)C[C@@](O)(CC(=O)O)C(=O)O)C(C)(C)O. The Labute approximate surface area is 222 Å². The Morgan fingerprint density at radius 3 is 2.38 bits per heavy atom. The van der Waals surface area contributed by atoms with Crippen LogP contribution in [0, 0.1) is 0 Å². The Kier molecular flexibility index (Phi) is 8.82. The summed E-state index contributed by atoms with van der Waals surface area (Å²) in [7, 11) is 0. The highest BCUT2D eigenvalue weighted by molar-refractivity contribution is 6.01. The lowest BCUT2D eigenvalue weighted by Gasteiger charge is -2.30. The molecule has 3 rings (SSSR count). The zero-order chi connectivity index (χ0) is 29.0. The van der Waals surface area contributed by atoms with Crippen molar-refractivity contribution < 1.29 is 53.1 Å². The van der Waals surface area contributed by atoms with Gasteiger partial charge in [0, 0.05) is 12.1 Å². The summed E-state index contributed by atoms with van der Waals surface area (Å²) in [5, 5.41) is 39.9. The Bertz CT molecular complexity index is 1450. The minimum Gasteiger partial charge on any atom is -0.488 e. The van der Waals surface area contributed by atoms with Gasteiger partial charge in [-0.3, -0.25) is 9.59 Å². The predicted octanol–water partition coefficient (Wildman–Crippen LogP) is 3.01. The Hall–Kier alpha value is -4.16. The number of aliphatic hydroxyl groups is 2. The second-order valence-corrected chi connectivity index (χ2v) is 9.82. The topological polar surface area (TPSA) is 194 Å². The van der Waals surface area contributed by atoms with Crippen LogP contribution >= 0.6 is 0 Å². The highest BCUT2D eigenvalue weighted by Crippen LogP contribution is 2.35. The van der Waals surface area contributed by atoms with Gasteiger partial charge in [-0.05, 0) is 51.8 Å². The Morgan fingerprint density at radius 2 is 1.74 bits per heavy atom. The number of hydrogen-bond acceptors (Lipinski definition) is 10. The van der Waals surface area contributed by atoms with Crippen LogP contribution in [0.15, 0.2) is 55.8 Å². The zero-order valence-electron chi connectivity index (χ0n) is 21.6. The van der Waals surface area contributed by atoms with Crippen LogP contribution in [-0.4, -0.2) is 62.2 Å². The van der Waals surface area contributed by atoms with Crippen LogP contribution in [0.2, 0.25) is 0 Å². The fourth-order valence-electron chi connectivity index (χ4n) is 3.95.